The fourth-order valence-electron chi connectivity index (χ4n) is 3.37. The summed E-state index contributed by atoms with van der Waals surface area (Å²) in [5.41, 5.74) is 2.26. The van der Waals surface area contributed by atoms with Gasteiger partial charge in [0.1, 0.15) is 11.5 Å². The summed E-state index contributed by atoms with van der Waals surface area (Å²) < 4.78 is 14.4. The van der Waals surface area contributed by atoms with Crippen molar-refractivity contribution < 1.29 is 14.0 Å². The van der Waals surface area contributed by atoms with Crippen molar-refractivity contribution >= 4 is 46.1 Å². The summed E-state index contributed by atoms with van der Waals surface area (Å²) in [5, 5.41) is 3.56. The lowest BCUT2D eigenvalue weighted by atomic mass is 10.0. The summed E-state index contributed by atoms with van der Waals surface area (Å²) >= 11 is 5.99. The molecule has 0 bridgehead atoms. The molecule has 0 radical (unpaired) electrons. The molecule has 2 amide bonds. The monoisotopic (exact) mass is 435 g/mol. The fourth-order valence-corrected chi connectivity index (χ4v) is 3.50. The summed E-state index contributed by atoms with van der Waals surface area (Å²) in [5.74, 6) is -1.89. The van der Waals surface area contributed by atoms with Gasteiger partial charge in [-0.3, -0.25) is 9.59 Å². The van der Waals surface area contributed by atoms with Crippen molar-refractivity contribution in [3.05, 3.63) is 94.9 Å². The molecule has 3 aromatic carbocycles. The number of carbonyl (C=O) groups is 2. The molecule has 1 aliphatic heterocycles. The number of nitrogens with zero attached hydrogens (tertiary/aromatic N) is 2. The number of hydrogen-bond donors (Lipinski definition) is 1. The second kappa shape index (κ2) is 8.24. The molecule has 0 unspecified atom stereocenters. The molecule has 5 nitrogen and oxygen atoms in total. The molecule has 0 saturated carbocycles. The van der Waals surface area contributed by atoms with Gasteiger partial charge in [-0.25, -0.2) is 9.29 Å². The van der Waals surface area contributed by atoms with Crippen LogP contribution in [0.1, 0.15) is 5.56 Å². The zero-order chi connectivity index (χ0) is 22.1. The molecule has 0 spiro atoms. The number of carbonyl (C=O) groups excluding carboxylic acids is 2. The van der Waals surface area contributed by atoms with Gasteiger partial charge in [-0.15, -0.1) is 0 Å². The van der Waals surface area contributed by atoms with E-state index in [9.17, 15) is 14.0 Å². The highest BCUT2D eigenvalue weighted by Crippen LogP contribution is 2.35. The molecule has 4 rings (SSSR count). The molecule has 0 atom stereocenters. The van der Waals surface area contributed by atoms with Crippen molar-refractivity contribution in [2.75, 3.05) is 29.2 Å². The van der Waals surface area contributed by atoms with Crippen LogP contribution in [0.5, 0.6) is 0 Å². The Balaban J connectivity index is 1.79. The Morgan fingerprint density at radius 3 is 2.13 bits per heavy atom. The first-order valence-electron chi connectivity index (χ1n) is 9.55. The minimum Gasteiger partial charge on any atom is -0.378 e. The number of nitrogens with one attached hydrogen (secondary N) is 1. The lowest BCUT2D eigenvalue weighted by Gasteiger charge is -2.16. The third-order valence-electron chi connectivity index (χ3n) is 4.96. The van der Waals surface area contributed by atoms with Crippen LogP contribution in [0, 0.1) is 5.82 Å². The van der Waals surface area contributed by atoms with E-state index >= 15 is 0 Å². The van der Waals surface area contributed by atoms with E-state index < -0.39 is 17.6 Å². The van der Waals surface area contributed by atoms with Crippen LogP contribution < -0.4 is 15.1 Å². The van der Waals surface area contributed by atoms with Crippen LogP contribution in [-0.4, -0.2) is 25.9 Å². The maximum atomic E-state index is 14.4. The van der Waals surface area contributed by atoms with E-state index in [0.717, 1.165) is 10.6 Å². The first-order chi connectivity index (χ1) is 14.9. The Morgan fingerprint density at radius 1 is 0.871 bits per heavy atom. The normalized spacial score (nSPS) is 13.7. The van der Waals surface area contributed by atoms with Gasteiger partial charge >= 0.3 is 0 Å². The zero-order valence-electron chi connectivity index (χ0n) is 16.9. The molecule has 31 heavy (non-hydrogen) atoms. The number of benzene rings is 3. The minimum absolute atomic E-state index is 0.0770. The van der Waals surface area contributed by atoms with Crippen LogP contribution in [0.4, 0.5) is 21.5 Å². The lowest BCUT2D eigenvalue weighted by Crippen LogP contribution is -2.33. The van der Waals surface area contributed by atoms with E-state index in [1.165, 1.54) is 18.2 Å². The topological polar surface area (TPSA) is 52.7 Å². The number of amides is 2. The number of hydrogen-bond acceptors (Lipinski definition) is 4. The van der Waals surface area contributed by atoms with Gasteiger partial charge in [0.05, 0.1) is 11.3 Å². The van der Waals surface area contributed by atoms with Crippen LogP contribution in [0.3, 0.4) is 0 Å². The Bertz CT molecular complexity index is 1190. The average molecular weight is 436 g/mol. The molecule has 3 aromatic rings. The van der Waals surface area contributed by atoms with Gasteiger partial charge in [-0.05, 0) is 54.1 Å². The highest BCUT2D eigenvalue weighted by molar-refractivity contribution is 6.46. The van der Waals surface area contributed by atoms with Crippen LogP contribution in [0.25, 0.3) is 5.57 Å². The third-order valence-corrected chi connectivity index (χ3v) is 5.22. The largest absolute Gasteiger partial charge is 0.378 e. The molecular formula is C24H19ClFN3O2. The van der Waals surface area contributed by atoms with E-state index in [-0.39, 0.29) is 17.0 Å². The smallest absolute Gasteiger partial charge is 0.282 e. The molecule has 0 fully saturated rings. The molecule has 1 aliphatic rings. The van der Waals surface area contributed by atoms with Gasteiger partial charge in [-0.1, -0.05) is 35.9 Å². The second-order valence-electron chi connectivity index (χ2n) is 7.22. The predicted octanol–water partition coefficient (Wildman–Crippen LogP) is 4.94. The van der Waals surface area contributed by atoms with Crippen LogP contribution in [0.2, 0.25) is 5.02 Å². The highest BCUT2D eigenvalue weighted by atomic mass is 35.5. The van der Waals surface area contributed by atoms with Crippen molar-refractivity contribution in [1.82, 2.24) is 0 Å². The molecule has 1 N–H and O–H groups in total. The van der Waals surface area contributed by atoms with Gasteiger partial charge in [0.25, 0.3) is 11.8 Å². The van der Waals surface area contributed by atoms with Crippen molar-refractivity contribution in [2.45, 2.75) is 0 Å². The number of anilines is 3. The maximum Gasteiger partial charge on any atom is 0.282 e. The van der Waals surface area contributed by atoms with Crippen molar-refractivity contribution in [3.63, 3.8) is 0 Å². The lowest BCUT2D eigenvalue weighted by molar-refractivity contribution is -0.120. The maximum absolute atomic E-state index is 14.4. The summed E-state index contributed by atoms with van der Waals surface area (Å²) in [7, 11) is 3.85. The zero-order valence-corrected chi connectivity index (χ0v) is 17.7. The Kier molecular flexibility index (Phi) is 5.48. The summed E-state index contributed by atoms with van der Waals surface area (Å²) in [6.45, 7) is 0. The number of halogens is 2. The second-order valence-corrected chi connectivity index (χ2v) is 7.66. The van der Waals surface area contributed by atoms with E-state index in [0.29, 0.717) is 16.3 Å². The summed E-state index contributed by atoms with van der Waals surface area (Å²) in [6.07, 6.45) is 0. The van der Waals surface area contributed by atoms with Crippen LogP contribution in [0.15, 0.2) is 78.5 Å². The summed E-state index contributed by atoms with van der Waals surface area (Å²) in [6, 6.07) is 19.7. The minimum atomic E-state index is -0.656. The molecule has 0 aliphatic carbocycles. The predicted molar refractivity (Wildman–Crippen MR) is 122 cm³/mol. The highest BCUT2D eigenvalue weighted by Gasteiger charge is 2.41. The van der Waals surface area contributed by atoms with Crippen LogP contribution >= 0.6 is 11.6 Å². The number of imide groups is 1. The van der Waals surface area contributed by atoms with Gasteiger partial charge in [0.15, 0.2) is 0 Å². The Hall–Kier alpha value is -3.64. The number of rotatable bonds is 5. The number of para-hydroxylation sites is 1. The SMILES string of the molecule is CN(C)c1ccc(NC2=C(c3ccc(Cl)cc3)C(=O)N(c3ccccc3F)C2=O)cc1. The van der Waals surface area contributed by atoms with Gasteiger partial charge < -0.3 is 10.2 Å². The van der Waals surface area contributed by atoms with Crippen molar-refractivity contribution in [2.24, 2.45) is 0 Å². The van der Waals surface area contributed by atoms with Gasteiger partial charge in [0, 0.05) is 30.5 Å². The quantitative estimate of drug-likeness (QED) is 0.577. The average Bonchev–Trinajstić information content (AvgIpc) is 2.99. The van der Waals surface area contributed by atoms with Crippen molar-refractivity contribution in [1.29, 1.82) is 0 Å². The first-order valence-corrected chi connectivity index (χ1v) is 9.92. The van der Waals surface area contributed by atoms with E-state index in [2.05, 4.69) is 5.32 Å². The van der Waals surface area contributed by atoms with E-state index in [4.69, 9.17) is 11.6 Å². The fraction of sp³-hybridized carbons (Fsp3) is 0.0833. The molecule has 0 saturated heterocycles. The van der Waals surface area contributed by atoms with E-state index in [1.54, 1.807) is 30.3 Å². The molecule has 7 heteroatoms. The Morgan fingerprint density at radius 2 is 1.52 bits per heavy atom. The van der Waals surface area contributed by atoms with Gasteiger partial charge in [-0.2, -0.15) is 0 Å². The first kappa shape index (κ1) is 20.6. The molecular weight excluding hydrogens is 417 g/mol. The standard InChI is InChI=1S/C24H19ClFN3O2/c1-28(2)18-13-11-17(12-14-18)27-22-21(15-7-9-16(25)10-8-15)23(30)29(24(22)31)20-6-4-3-5-19(20)26/h3-14,27H,1-2H3. The third kappa shape index (κ3) is 3.90. The van der Waals surface area contributed by atoms with Gasteiger partial charge in [0.2, 0.25) is 0 Å². The molecule has 0 aromatic heterocycles. The van der Waals surface area contributed by atoms with Crippen molar-refractivity contribution in [3.8, 4) is 0 Å². The molecule has 1 heterocycles. The van der Waals surface area contributed by atoms with E-state index in [1.807, 2.05) is 43.3 Å². The molecule has 156 valence electrons. The summed E-state index contributed by atoms with van der Waals surface area (Å²) in [4.78, 5) is 29.4. The van der Waals surface area contributed by atoms with Crippen LogP contribution in [-0.2, 0) is 9.59 Å². The Labute approximate surface area is 184 Å².